The molecule has 2 aliphatic heterocycles. The van der Waals surface area contributed by atoms with Gasteiger partial charge in [-0.05, 0) is 49.5 Å². The van der Waals surface area contributed by atoms with Crippen molar-refractivity contribution in [3.8, 4) is 0 Å². The molecule has 2 bridgehead atoms. The lowest BCUT2D eigenvalue weighted by Crippen LogP contribution is -2.46. The molecule has 1 aromatic carbocycles. The molecule has 2 unspecified atom stereocenters. The third-order valence-corrected chi connectivity index (χ3v) is 5.31. The monoisotopic (exact) mass is 342 g/mol. The van der Waals surface area contributed by atoms with Crippen LogP contribution in [0.4, 0.5) is 0 Å². The van der Waals surface area contributed by atoms with E-state index in [0.29, 0.717) is 23.1 Å². The number of carbonyl (C=O) groups excluding carboxylic acids is 1. The minimum Gasteiger partial charge on any atom is -0.333 e. The fourth-order valence-electron chi connectivity index (χ4n) is 3.96. The third-order valence-electron chi connectivity index (χ3n) is 5.06. The minimum atomic E-state index is 0.106. The lowest BCUT2D eigenvalue weighted by molar-refractivity contribution is -0.130. The van der Waals surface area contributed by atoms with Crippen LogP contribution in [0.5, 0.6) is 0 Å². The Hall–Kier alpha value is -2.14. The summed E-state index contributed by atoms with van der Waals surface area (Å²) in [5, 5.41) is 4.97. The molecule has 124 valence electrons. The van der Waals surface area contributed by atoms with E-state index in [4.69, 9.17) is 11.6 Å². The van der Waals surface area contributed by atoms with Gasteiger partial charge >= 0.3 is 0 Å². The molecule has 1 aromatic heterocycles. The number of amides is 1. The molecule has 2 saturated heterocycles. The Kier molecular flexibility index (Phi) is 4.10. The molecule has 2 fully saturated rings. The summed E-state index contributed by atoms with van der Waals surface area (Å²) in [5.41, 5.74) is 0.984. The zero-order valence-corrected chi connectivity index (χ0v) is 14.0. The van der Waals surface area contributed by atoms with Gasteiger partial charge in [0.05, 0.1) is 6.04 Å². The van der Waals surface area contributed by atoms with Gasteiger partial charge in [-0.3, -0.25) is 4.79 Å². The van der Waals surface area contributed by atoms with Crippen LogP contribution >= 0.6 is 11.6 Å². The smallest absolute Gasteiger partial charge is 0.247 e. The number of fused-ring (bicyclic) bond motifs is 2. The summed E-state index contributed by atoms with van der Waals surface area (Å²) >= 11 is 5.89. The zero-order valence-electron chi connectivity index (χ0n) is 13.3. The Morgan fingerprint density at radius 1 is 1.12 bits per heavy atom. The van der Waals surface area contributed by atoms with Crippen molar-refractivity contribution < 1.29 is 4.79 Å². The fraction of sp³-hybridized carbons (Fsp3) is 0.389. The van der Waals surface area contributed by atoms with Crippen LogP contribution in [0.2, 0.25) is 5.02 Å². The van der Waals surface area contributed by atoms with E-state index < -0.39 is 0 Å². The highest BCUT2D eigenvalue weighted by Crippen LogP contribution is 2.40. The second kappa shape index (κ2) is 6.40. The summed E-state index contributed by atoms with van der Waals surface area (Å²) in [6, 6.07) is 8.46. The predicted molar refractivity (Wildman–Crippen MR) is 92.4 cm³/mol. The summed E-state index contributed by atoms with van der Waals surface area (Å²) < 4.78 is 1.94. The number of benzene rings is 1. The molecule has 2 aromatic rings. The average molecular weight is 343 g/mol. The summed E-state index contributed by atoms with van der Waals surface area (Å²) in [5.74, 6) is 0.106. The van der Waals surface area contributed by atoms with Crippen LogP contribution in [0.1, 0.15) is 37.3 Å². The molecule has 0 aliphatic carbocycles. The topological polar surface area (TPSA) is 51.0 Å². The molecule has 5 nitrogen and oxygen atoms in total. The molecule has 4 rings (SSSR count). The van der Waals surface area contributed by atoms with E-state index in [1.807, 2.05) is 35.0 Å². The van der Waals surface area contributed by atoms with Crippen LogP contribution in [0.15, 0.2) is 43.0 Å². The summed E-state index contributed by atoms with van der Waals surface area (Å²) in [6.45, 7) is 0. The van der Waals surface area contributed by atoms with Gasteiger partial charge in [-0.15, -0.1) is 0 Å². The number of rotatable bonds is 3. The first-order valence-corrected chi connectivity index (χ1v) is 8.68. The second-order valence-corrected chi connectivity index (χ2v) is 6.95. The Morgan fingerprint density at radius 3 is 2.46 bits per heavy atom. The quantitative estimate of drug-likeness (QED) is 0.804. The second-order valence-electron chi connectivity index (χ2n) is 6.52. The Morgan fingerprint density at radius 2 is 1.83 bits per heavy atom. The molecule has 0 spiro atoms. The van der Waals surface area contributed by atoms with Gasteiger partial charge in [0, 0.05) is 23.2 Å². The van der Waals surface area contributed by atoms with Crippen molar-refractivity contribution in [3.05, 3.63) is 53.6 Å². The third kappa shape index (κ3) is 2.96. The van der Waals surface area contributed by atoms with E-state index in [1.165, 1.54) is 0 Å². The number of hydrogen-bond donors (Lipinski definition) is 0. The lowest BCUT2D eigenvalue weighted by atomic mass is 9.97. The molecule has 1 amide bonds. The highest BCUT2D eigenvalue weighted by molar-refractivity contribution is 6.30. The Balaban J connectivity index is 1.45. The van der Waals surface area contributed by atoms with Gasteiger partial charge in [-0.2, -0.15) is 5.10 Å². The van der Waals surface area contributed by atoms with E-state index in [1.54, 1.807) is 18.7 Å². The van der Waals surface area contributed by atoms with Crippen LogP contribution in [-0.4, -0.2) is 37.7 Å². The van der Waals surface area contributed by atoms with Crippen LogP contribution < -0.4 is 0 Å². The van der Waals surface area contributed by atoms with Crippen molar-refractivity contribution >= 4 is 23.6 Å². The van der Waals surface area contributed by atoms with E-state index >= 15 is 0 Å². The van der Waals surface area contributed by atoms with Gasteiger partial charge in [0.1, 0.15) is 12.7 Å². The number of halogens is 1. The average Bonchev–Trinajstić information content (AvgIpc) is 3.21. The summed E-state index contributed by atoms with van der Waals surface area (Å²) in [6.07, 6.45) is 11.0. The molecule has 2 atom stereocenters. The first-order chi connectivity index (χ1) is 11.7. The van der Waals surface area contributed by atoms with Crippen molar-refractivity contribution in [2.24, 2.45) is 0 Å². The number of aromatic nitrogens is 3. The molecular weight excluding hydrogens is 324 g/mol. The predicted octanol–water partition coefficient (Wildman–Crippen LogP) is 3.34. The maximum absolute atomic E-state index is 12.7. The number of piperidine rings is 1. The van der Waals surface area contributed by atoms with Crippen LogP contribution in [-0.2, 0) is 4.79 Å². The van der Waals surface area contributed by atoms with E-state index in [2.05, 4.69) is 15.0 Å². The van der Waals surface area contributed by atoms with Gasteiger partial charge in [-0.25, -0.2) is 9.67 Å². The van der Waals surface area contributed by atoms with Crippen molar-refractivity contribution in [2.45, 2.75) is 43.8 Å². The SMILES string of the molecule is O=C(/C=C/c1ccc(Cl)cc1)N1C2CCC1CC(n1cncn1)C2. The Labute approximate surface area is 145 Å². The van der Waals surface area contributed by atoms with Gasteiger partial charge in [-0.1, -0.05) is 23.7 Å². The first-order valence-electron chi connectivity index (χ1n) is 8.31. The number of nitrogens with zero attached hydrogens (tertiary/aromatic N) is 4. The van der Waals surface area contributed by atoms with E-state index in [9.17, 15) is 4.79 Å². The zero-order chi connectivity index (χ0) is 16.5. The van der Waals surface area contributed by atoms with Crippen LogP contribution in [0.25, 0.3) is 6.08 Å². The summed E-state index contributed by atoms with van der Waals surface area (Å²) in [4.78, 5) is 18.8. The molecule has 3 heterocycles. The first kappa shape index (κ1) is 15.4. The molecule has 6 heteroatoms. The molecule has 2 aliphatic rings. The van der Waals surface area contributed by atoms with Crippen LogP contribution in [0, 0.1) is 0 Å². The van der Waals surface area contributed by atoms with Gasteiger partial charge in [0.2, 0.25) is 5.91 Å². The maximum Gasteiger partial charge on any atom is 0.247 e. The molecule has 24 heavy (non-hydrogen) atoms. The highest BCUT2D eigenvalue weighted by atomic mass is 35.5. The van der Waals surface area contributed by atoms with E-state index in [-0.39, 0.29) is 5.91 Å². The number of hydrogen-bond acceptors (Lipinski definition) is 3. The molecule has 0 saturated carbocycles. The number of carbonyl (C=O) groups is 1. The maximum atomic E-state index is 12.7. The van der Waals surface area contributed by atoms with Gasteiger partial charge < -0.3 is 4.90 Å². The van der Waals surface area contributed by atoms with Crippen LogP contribution in [0.3, 0.4) is 0 Å². The standard InChI is InChI=1S/C18H19ClN4O/c19-14-4-1-13(2-5-14)3-8-18(24)23-15-6-7-16(23)10-17(9-15)22-12-20-11-21-22/h1-5,8,11-12,15-17H,6-7,9-10H2/b8-3+. The molecule has 0 radical (unpaired) electrons. The van der Waals surface area contributed by atoms with Gasteiger partial charge in [0.25, 0.3) is 0 Å². The summed E-state index contributed by atoms with van der Waals surface area (Å²) in [7, 11) is 0. The highest BCUT2D eigenvalue weighted by Gasteiger charge is 2.43. The normalized spacial score (nSPS) is 26.2. The molecular formula is C18H19ClN4O. The minimum absolute atomic E-state index is 0.106. The largest absolute Gasteiger partial charge is 0.333 e. The van der Waals surface area contributed by atoms with Crippen molar-refractivity contribution in [1.82, 2.24) is 19.7 Å². The van der Waals surface area contributed by atoms with E-state index in [0.717, 1.165) is 31.2 Å². The van der Waals surface area contributed by atoms with Crippen molar-refractivity contribution in [2.75, 3.05) is 0 Å². The van der Waals surface area contributed by atoms with Crippen molar-refractivity contribution in [3.63, 3.8) is 0 Å². The lowest BCUT2D eigenvalue weighted by Gasteiger charge is -2.38. The molecule has 0 N–H and O–H groups in total. The Bertz CT molecular complexity index is 727. The fourth-order valence-corrected chi connectivity index (χ4v) is 4.08. The van der Waals surface area contributed by atoms with Gasteiger partial charge in [0.15, 0.2) is 0 Å². The van der Waals surface area contributed by atoms with Crippen molar-refractivity contribution in [1.29, 1.82) is 0 Å².